The number of aliphatic hydroxyl groups is 1. The van der Waals surface area contributed by atoms with Gasteiger partial charge in [-0.3, -0.25) is 9.59 Å². The first-order valence-corrected chi connectivity index (χ1v) is 15.1. The third-order valence-electron chi connectivity index (χ3n) is 10.3. The molecule has 0 unspecified atom stereocenters. The van der Waals surface area contributed by atoms with Gasteiger partial charge >= 0.3 is 6.18 Å². The summed E-state index contributed by atoms with van der Waals surface area (Å²) < 4.78 is 38.2. The Kier molecular flexibility index (Phi) is 9.46. The number of hydrogen-bond acceptors (Lipinski definition) is 3. The molecule has 1 aromatic carbocycles. The molecule has 1 N–H and O–H groups in total. The van der Waals surface area contributed by atoms with Crippen molar-refractivity contribution in [1.29, 1.82) is 0 Å². The lowest BCUT2D eigenvalue weighted by Gasteiger charge is -2.59. The molecule has 5 nitrogen and oxygen atoms in total. The molecule has 230 valence electrons. The van der Waals surface area contributed by atoms with E-state index in [0.717, 1.165) is 56.2 Å². The second-order valence-corrected chi connectivity index (χ2v) is 13.3. The molecule has 0 radical (unpaired) electrons. The van der Waals surface area contributed by atoms with Crippen molar-refractivity contribution in [2.75, 3.05) is 26.2 Å². The summed E-state index contributed by atoms with van der Waals surface area (Å²) in [7, 11) is 0. The third-order valence-corrected chi connectivity index (χ3v) is 10.3. The van der Waals surface area contributed by atoms with Crippen molar-refractivity contribution in [2.24, 2.45) is 22.7 Å². The van der Waals surface area contributed by atoms with Gasteiger partial charge in [-0.15, -0.1) is 0 Å². The molecule has 1 aromatic rings. The lowest BCUT2D eigenvalue weighted by Crippen LogP contribution is -2.54. The molecule has 4 atom stereocenters. The largest absolute Gasteiger partial charge is 0.416 e. The van der Waals surface area contributed by atoms with E-state index in [0.29, 0.717) is 43.6 Å². The van der Waals surface area contributed by atoms with E-state index in [9.17, 15) is 27.9 Å². The van der Waals surface area contributed by atoms with Crippen molar-refractivity contribution in [3.8, 4) is 0 Å². The molecule has 0 aromatic heterocycles. The number of rotatable bonds is 6. The van der Waals surface area contributed by atoms with Crippen LogP contribution >= 0.6 is 0 Å². The van der Waals surface area contributed by atoms with Gasteiger partial charge in [0.1, 0.15) is 0 Å². The fourth-order valence-corrected chi connectivity index (χ4v) is 7.65. The first-order chi connectivity index (χ1) is 19.6. The van der Waals surface area contributed by atoms with E-state index in [-0.39, 0.29) is 28.7 Å². The standard InChI is InChI=1S/C34H45F3N2O3/c1-23(6-13-27-24(2)7-14-28-32(3,4)29(40)16-17-33(27,28)5)22-31(42)39-20-18-38(19-21-39)30(41)15-10-25-8-11-26(12-9-25)34(35,36)37/h8-12,15,22,27-29,40H,2,6-7,13-14,16-21H2,1,3-5H3/b15-10+,23-22+/t27-,28-,29-,33+/m1/s1. The first-order valence-electron chi connectivity index (χ1n) is 15.1. The van der Waals surface area contributed by atoms with E-state index >= 15 is 0 Å². The normalized spacial score (nSPS) is 28.6. The monoisotopic (exact) mass is 586 g/mol. The van der Waals surface area contributed by atoms with Crippen molar-refractivity contribution in [3.05, 3.63) is 65.3 Å². The van der Waals surface area contributed by atoms with E-state index in [2.05, 4.69) is 27.4 Å². The highest BCUT2D eigenvalue weighted by atomic mass is 19.4. The number of carbonyl (C=O) groups is 2. The number of halogens is 3. The van der Waals surface area contributed by atoms with Crippen molar-refractivity contribution < 1.29 is 27.9 Å². The minimum atomic E-state index is -4.40. The molecule has 0 spiro atoms. The maximum Gasteiger partial charge on any atom is 0.416 e. The number of fused-ring (bicyclic) bond motifs is 1. The smallest absolute Gasteiger partial charge is 0.393 e. The zero-order chi connectivity index (χ0) is 30.9. The Bertz CT molecular complexity index is 1230. The molecule has 3 fully saturated rings. The highest BCUT2D eigenvalue weighted by molar-refractivity contribution is 5.92. The van der Waals surface area contributed by atoms with Gasteiger partial charge in [0.15, 0.2) is 0 Å². The van der Waals surface area contributed by atoms with Crippen LogP contribution < -0.4 is 0 Å². The van der Waals surface area contributed by atoms with Gasteiger partial charge in [0.05, 0.1) is 11.7 Å². The summed E-state index contributed by atoms with van der Waals surface area (Å²) in [5, 5.41) is 10.7. The number of allylic oxidation sites excluding steroid dienone is 2. The third kappa shape index (κ3) is 6.85. The number of aliphatic hydroxyl groups excluding tert-OH is 1. The number of benzene rings is 1. The van der Waals surface area contributed by atoms with Crippen LogP contribution in [0.5, 0.6) is 0 Å². The fourth-order valence-electron chi connectivity index (χ4n) is 7.65. The average molecular weight is 587 g/mol. The molecule has 2 amide bonds. The number of carbonyl (C=O) groups excluding carboxylic acids is 2. The molecular weight excluding hydrogens is 541 g/mol. The Morgan fingerprint density at radius 3 is 2.21 bits per heavy atom. The van der Waals surface area contributed by atoms with Crippen LogP contribution in [0.2, 0.25) is 0 Å². The van der Waals surface area contributed by atoms with Crippen LogP contribution in [0.1, 0.15) is 77.3 Å². The maximum atomic E-state index is 13.0. The SMILES string of the molecule is C=C1CC[C@@H]2C(C)(C)[C@H](O)CC[C@@]2(C)[C@@H]1CC/C(C)=C/C(=O)N1CCN(C(=O)/C=C/c2ccc(C(F)(F)F)cc2)CC1. The average Bonchev–Trinajstić information content (AvgIpc) is 2.93. The first kappa shape index (κ1) is 32.1. The van der Waals surface area contributed by atoms with E-state index in [4.69, 9.17) is 0 Å². The minimum Gasteiger partial charge on any atom is -0.393 e. The van der Waals surface area contributed by atoms with Crippen LogP contribution in [0.3, 0.4) is 0 Å². The minimum absolute atomic E-state index is 0.0478. The zero-order valence-electron chi connectivity index (χ0n) is 25.3. The molecule has 42 heavy (non-hydrogen) atoms. The van der Waals surface area contributed by atoms with Crippen LogP contribution in [0, 0.1) is 22.7 Å². The summed E-state index contributed by atoms with van der Waals surface area (Å²) in [5.74, 6) is 0.533. The number of piperazine rings is 1. The van der Waals surface area contributed by atoms with Gasteiger partial charge < -0.3 is 14.9 Å². The highest BCUT2D eigenvalue weighted by Crippen LogP contribution is 2.61. The van der Waals surface area contributed by atoms with E-state index in [1.54, 1.807) is 15.9 Å². The molecule has 2 aliphatic carbocycles. The van der Waals surface area contributed by atoms with Crippen molar-refractivity contribution in [1.82, 2.24) is 9.80 Å². The molecule has 1 saturated heterocycles. The van der Waals surface area contributed by atoms with Crippen LogP contribution in [-0.4, -0.2) is 59.0 Å². The van der Waals surface area contributed by atoms with Crippen LogP contribution in [0.4, 0.5) is 13.2 Å². The quantitative estimate of drug-likeness (QED) is 0.292. The summed E-state index contributed by atoms with van der Waals surface area (Å²) in [6.45, 7) is 14.9. The molecule has 1 heterocycles. The molecule has 4 rings (SSSR count). The molecule has 2 saturated carbocycles. The lowest BCUT2D eigenvalue weighted by molar-refractivity contribution is -0.137. The Morgan fingerprint density at radius 2 is 1.62 bits per heavy atom. The van der Waals surface area contributed by atoms with Crippen molar-refractivity contribution in [2.45, 2.75) is 78.5 Å². The van der Waals surface area contributed by atoms with Crippen LogP contribution in [0.25, 0.3) is 6.08 Å². The van der Waals surface area contributed by atoms with Gasteiger partial charge in [-0.25, -0.2) is 0 Å². The van der Waals surface area contributed by atoms with E-state index in [1.165, 1.54) is 29.9 Å². The summed E-state index contributed by atoms with van der Waals surface area (Å²) in [6, 6.07) is 4.66. The molecule has 8 heteroatoms. The molecule has 0 bridgehead atoms. The molecule has 3 aliphatic rings. The summed E-state index contributed by atoms with van der Waals surface area (Å²) in [6.07, 6.45) is 5.56. The van der Waals surface area contributed by atoms with Gasteiger partial charge in [0.2, 0.25) is 11.8 Å². The number of alkyl halides is 3. The Hall–Kier alpha value is -2.87. The lowest BCUT2D eigenvalue weighted by atomic mass is 9.46. The topological polar surface area (TPSA) is 60.9 Å². The maximum absolute atomic E-state index is 13.0. The summed E-state index contributed by atoms with van der Waals surface area (Å²) in [5.41, 5.74) is 2.10. The van der Waals surface area contributed by atoms with Crippen LogP contribution in [-0.2, 0) is 15.8 Å². The highest BCUT2D eigenvalue weighted by Gasteiger charge is 2.55. The van der Waals surface area contributed by atoms with Gasteiger partial charge in [-0.2, -0.15) is 13.2 Å². The van der Waals surface area contributed by atoms with Gasteiger partial charge in [0.25, 0.3) is 0 Å². The van der Waals surface area contributed by atoms with E-state index < -0.39 is 11.7 Å². The number of amides is 2. The number of hydrogen-bond donors (Lipinski definition) is 1. The summed E-state index contributed by atoms with van der Waals surface area (Å²) in [4.78, 5) is 29.1. The molecule has 1 aliphatic heterocycles. The predicted molar refractivity (Wildman–Crippen MR) is 159 cm³/mol. The predicted octanol–water partition coefficient (Wildman–Crippen LogP) is 6.89. The summed E-state index contributed by atoms with van der Waals surface area (Å²) >= 11 is 0. The second kappa shape index (κ2) is 12.4. The van der Waals surface area contributed by atoms with Crippen molar-refractivity contribution >= 4 is 17.9 Å². The van der Waals surface area contributed by atoms with Gasteiger partial charge in [-0.05, 0) is 91.9 Å². The molecular formula is C34H45F3N2O3. The van der Waals surface area contributed by atoms with Crippen LogP contribution in [0.15, 0.2) is 54.1 Å². The van der Waals surface area contributed by atoms with Gasteiger partial charge in [-0.1, -0.05) is 50.6 Å². The second-order valence-electron chi connectivity index (χ2n) is 13.3. The Balaban J connectivity index is 1.27. The zero-order valence-corrected chi connectivity index (χ0v) is 25.3. The van der Waals surface area contributed by atoms with E-state index in [1.807, 2.05) is 6.92 Å². The Morgan fingerprint density at radius 1 is 1.02 bits per heavy atom. The Labute approximate surface area is 248 Å². The van der Waals surface area contributed by atoms with Crippen molar-refractivity contribution in [3.63, 3.8) is 0 Å². The van der Waals surface area contributed by atoms with Gasteiger partial charge in [0, 0.05) is 38.3 Å². The number of nitrogens with zero attached hydrogens (tertiary/aromatic N) is 2. The fraction of sp³-hybridized carbons (Fsp3) is 0.588.